The van der Waals surface area contributed by atoms with Gasteiger partial charge in [-0.15, -0.1) is 0 Å². The van der Waals surface area contributed by atoms with Crippen LogP contribution >= 0.6 is 0 Å². The molecule has 0 unspecified atom stereocenters. The molecule has 0 fully saturated rings. The Morgan fingerprint density at radius 3 is 2.81 bits per heavy atom. The number of anilines is 1. The minimum atomic E-state index is 0.673. The third-order valence-electron chi connectivity index (χ3n) is 3.97. The summed E-state index contributed by atoms with van der Waals surface area (Å²) in [5, 5.41) is 3.44. The summed E-state index contributed by atoms with van der Waals surface area (Å²) in [6, 6.07) is 12.7. The van der Waals surface area contributed by atoms with Gasteiger partial charge in [-0.05, 0) is 48.9 Å². The molecule has 0 saturated heterocycles. The van der Waals surface area contributed by atoms with Crippen LogP contribution in [0.4, 0.5) is 5.82 Å². The van der Waals surface area contributed by atoms with Crippen LogP contribution in [-0.4, -0.2) is 11.6 Å². The molecule has 3 nitrogen and oxygen atoms in total. The molecule has 0 radical (unpaired) electrons. The van der Waals surface area contributed by atoms with Crippen LogP contribution in [0.15, 0.2) is 36.4 Å². The third kappa shape index (κ3) is 3.42. The Bertz CT molecular complexity index is 610. The first-order valence-corrected chi connectivity index (χ1v) is 7.74. The van der Waals surface area contributed by atoms with Gasteiger partial charge < -0.3 is 10.1 Å². The first-order valence-electron chi connectivity index (χ1n) is 7.74. The van der Waals surface area contributed by atoms with E-state index in [0.717, 1.165) is 25.4 Å². The van der Waals surface area contributed by atoms with Crippen molar-refractivity contribution in [1.29, 1.82) is 0 Å². The molecule has 3 rings (SSSR count). The molecule has 2 aromatic rings. The van der Waals surface area contributed by atoms with Crippen molar-refractivity contribution in [1.82, 2.24) is 4.98 Å². The standard InChI is InChI=1S/C18H22N2O/c1-2-21-13-16-7-4-3-6-15(16)12-19-18-11-10-14-8-5-9-17(14)20-18/h3-4,6-7,10-11H,2,5,8-9,12-13H2,1H3,(H,19,20). The van der Waals surface area contributed by atoms with Crippen LogP contribution in [0.1, 0.15) is 35.7 Å². The SMILES string of the molecule is CCOCc1ccccc1CNc1ccc2c(n1)CCC2. The molecule has 1 aliphatic rings. The summed E-state index contributed by atoms with van der Waals surface area (Å²) < 4.78 is 5.53. The largest absolute Gasteiger partial charge is 0.377 e. The summed E-state index contributed by atoms with van der Waals surface area (Å²) in [6.07, 6.45) is 3.54. The van der Waals surface area contributed by atoms with Gasteiger partial charge in [-0.3, -0.25) is 0 Å². The second-order valence-electron chi connectivity index (χ2n) is 5.42. The molecule has 0 bridgehead atoms. The fourth-order valence-electron chi connectivity index (χ4n) is 2.79. The highest BCUT2D eigenvalue weighted by Crippen LogP contribution is 2.22. The lowest BCUT2D eigenvalue weighted by Crippen LogP contribution is -2.06. The van der Waals surface area contributed by atoms with E-state index in [-0.39, 0.29) is 0 Å². The normalized spacial score (nSPS) is 13.2. The van der Waals surface area contributed by atoms with E-state index in [9.17, 15) is 0 Å². The Kier molecular flexibility index (Phi) is 4.51. The molecule has 0 amide bonds. The summed E-state index contributed by atoms with van der Waals surface area (Å²) in [6.45, 7) is 4.23. The summed E-state index contributed by atoms with van der Waals surface area (Å²) in [5.41, 5.74) is 5.20. The quantitative estimate of drug-likeness (QED) is 0.877. The van der Waals surface area contributed by atoms with Crippen LogP contribution < -0.4 is 5.32 Å². The van der Waals surface area contributed by atoms with E-state index in [2.05, 4.69) is 41.7 Å². The Balaban J connectivity index is 1.67. The van der Waals surface area contributed by atoms with Crippen LogP contribution in [0.5, 0.6) is 0 Å². The number of fused-ring (bicyclic) bond motifs is 1. The first kappa shape index (κ1) is 14.1. The van der Waals surface area contributed by atoms with Crippen molar-refractivity contribution in [3.05, 3.63) is 58.8 Å². The lowest BCUT2D eigenvalue weighted by molar-refractivity contribution is 0.133. The van der Waals surface area contributed by atoms with E-state index in [0.29, 0.717) is 6.61 Å². The van der Waals surface area contributed by atoms with Gasteiger partial charge in [0.1, 0.15) is 5.82 Å². The molecule has 1 aromatic heterocycles. The van der Waals surface area contributed by atoms with E-state index in [1.165, 1.54) is 35.2 Å². The molecular formula is C18H22N2O. The van der Waals surface area contributed by atoms with Gasteiger partial charge in [0.15, 0.2) is 0 Å². The van der Waals surface area contributed by atoms with Crippen LogP contribution in [0.25, 0.3) is 0 Å². The predicted octanol–water partition coefficient (Wildman–Crippen LogP) is 3.72. The molecule has 0 spiro atoms. The van der Waals surface area contributed by atoms with Crippen molar-refractivity contribution in [3.8, 4) is 0 Å². The summed E-state index contributed by atoms with van der Waals surface area (Å²) in [4.78, 5) is 4.72. The van der Waals surface area contributed by atoms with E-state index >= 15 is 0 Å². The van der Waals surface area contributed by atoms with E-state index in [1.807, 2.05) is 6.92 Å². The minimum Gasteiger partial charge on any atom is -0.377 e. The Morgan fingerprint density at radius 2 is 1.95 bits per heavy atom. The summed E-state index contributed by atoms with van der Waals surface area (Å²) in [5.74, 6) is 0.974. The zero-order valence-electron chi connectivity index (χ0n) is 12.6. The molecule has 1 heterocycles. The van der Waals surface area contributed by atoms with Gasteiger partial charge >= 0.3 is 0 Å². The van der Waals surface area contributed by atoms with Crippen molar-refractivity contribution < 1.29 is 4.74 Å². The lowest BCUT2D eigenvalue weighted by Gasteiger charge is -2.12. The van der Waals surface area contributed by atoms with E-state index < -0.39 is 0 Å². The maximum Gasteiger partial charge on any atom is 0.126 e. The molecule has 21 heavy (non-hydrogen) atoms. The molecule has 1 aliphatic carbocycles. The number of aromatic nitrogens is 1. The van der Waals surface area contributed by atoms with Crippen molar-refractivity contribution >= 4 is 5.82 Å². The lowest BCUT2D eigenvalue weighted by atomic mass is 10.1. The first-order chi connectivity index (χ1) is 10.4. The van der Waals surface area contributed by atoms with Gasteiger partial charge in [0.05, 0.1) is 6.61 Å². The number of hydrogen-bond donors (Lipinski definition) is 1. The number of pyridine rings is 1. The van der Waals surface area contributed by atoms with Crippen molar-refractivity contribution in [2.45, 2.75) is 39.3 Å². The fourth-order valence-corrected chi connectivity index (χ4v) is 2.79. The highest BCUT2D eigenvalue weighted by molar-refractivity contribution is 5.41. The summed E-state index contributed by atoms with van der Waals surface area (Å²) >= 11 is 0. The van der Waals surface area contributed by atoms with E-state index in [1.54, 1.807) is 0 Å². The zero-order chi connectivity index (χ0) is 14.5. The van der Waals surface area contributed by atoms with Crippen LogP contribution in [-0.2, 0) is 30.7 Å². The average Bonchev–Trinajstić information content (AvgIpc) is 2.99. The molecule has 0 saturated carbocycles. The topological polar surface area (TPSA) is 34.1 Å². The van der Waals surface area contributed by atoms with Crippen LogP contribution in [0, 0.1) is 0 Å². The molecule has 110 valence electrons. The number of ether oxygens (including phenoxy) is 1. The van der Waals surface area contributed by atoms with Gasteiger partial charge in [-0.1, -0.05) is 30.3 Å². The van der Waals surface area contributed by atoms with Gasteiger partial charge in [-0.2, -0.15) is 0 Å². The van der Waals surface area contributed by atoms with Crippen molar-refractivity contribution in [2.24, 2.45) is 0 Å². The highest BCUT2D eigenvalue weighted by atomic mass is 16.5. The van der Waals surface area contributed by atoms with Crippen LogP contribution in [0.3, 0.4) is 0 Å². The van der Waals surface area contributed by atoms with E-state index in [4.69, 9.17) is 9.72 Å². The second kappa shape index (κ2) is 6.72. The molecule has 3 heteroatoms. The predicted molar refractivity (Wildman–Crippen MR) is 85.4 cm³/mol. The van der Waals surface area contributed by atoms with Crippen LogP contribution in [0.2, 0.25) is 0 Å². The number of nitrogens with zero attached hydrogens (tertiary/aromatic N) is 1. The highest BCUT2D eigenvalue weighted by Gasteiger charge is 2.12. The molecule has 0 atom stereocenters. The molecular weight excluding hydrogens is 260 g/mol. The van der Waals surface area contributed by atoms with Gasteiger partial charge in [0.2, 0.25) is 0 Å². The Labute approximate surface area is 126 Å². The number of hydrogen-bond acceptors (Lipinski definition) is 3. The third-order valence-corrected chi connectivity index (χ3v) is 3.97. The second-order valence-corrected chi connectivity index (χ2v) is 5.42. The number of aryl methyl sites for hydroxylation is 2. The maximum atomic E-state index is 5.53. The Morgan fingerprint density at radius 1 is 1.10 bits per heavy atom. The molecule has 1 aromatic carbocycles. The van der Waals surface area contributed by atoms with Crippen molar-refractivity contribution in [2.75, 3.05) is 11.9 Å². The van der Waals surface area contributed by atoms with Gasteiger partial charge in [0.25, 0.3) is 0 Å². The van der Waals surface area contributed by atoms with Gasteiger partial charge in [-0.25, -0.2) is 4.98 Å². The van der Waals surface area contributed by atoms with Gasteiger partial charge in [0, 0.05) is 18.8 Å². The average molecular weight is 282 g/mol. The smallest absolute Gasteiger partial charge is 0.126 e. The summed E-state index contributed by atoms with van der Waals surface area (Å²) in [7, 11) is 0. The zero-order valence-corrected chi connectivity index (χ0v) is 12.6. The van der Waals surface area contributed by atoms with Crippen molar-refractivity contribution in [3.63, 3.8) is 0 Å². The molecule has 1 N–H and O–H groups in total. The monoisotopic (exact) mass is 282 g/mol. The number of rotatable bonds is 6. The Hall–Kier alpha value is -1.87. The number of nitrogens with one attached hydrogen (secondary N) is 1. The molecule has 0 aliphatic heterocycles. The number of benzene rings is 1. The maximum absolute atomic E-state index is 5.53. The fraction of sp³-hybridized carbons (Fsp3) is 0.389. The minimum absolute atomic E-state index is 0.673.